The van der Waals surface area contributed by atoms with Gasteiger partial charge in [-0.15, -0.1) is 0 Å². The largest absolute Gasteiger partial charge is 0.466 e. The van der Waals surface area contributed by atoms with E-state index in [1.807, 2.05) is 23.7 Å². The van der Waals surface area contributed by atoms with Gasteiger partial charge in [0.05, 0.1) is 33.3 Å². The van der Waals surface area contributed by atoms with Crippen molar-refractivity contribution in [3.05, 3.63) is 83.8 Å². The van der Waals surface area contributed by atoms with E-state index in [4.69, 9.17) is 22.9 Å². The Hall–Kier alpha value is -5.26. The van der Waals surface area contributed by atoms with E-state index in [2.05, 4.69) is 15.3 Å². The number of hydrogen-bond acceptors (Lipinski definition) is 8. The highest BCUT2D eigenvalue weighted by atomic mass is 16.6. The van der Waals surface area contributed by atoms with Crippen LogP contribution in [0.3, 0.4) is 0 Å². The predicted octanol–water partition coefficient (Wildman–Crippen LogP) is 5.36. The van der Waals surface area contributed by atoms with Gasteiger partial charge in [0.25, 0.3) is 5.91 Å². The topological polar surface area (TPSA) is 154 Å². The monoisotopic (exact) mass is 627 g/mol. The van der Waals surface area contributed by atoms with Crippen LogP contribution in [0.1, 0.15) is 69.9 Å². The number of imidazole rings is 1. The smallest absolute Gasteiger partial charge is 0.435 e. The second kappa shape index (κ2) is 15.2. The number of benzene rings is 2. The number of ether oxygens (including phenoxy) is 2. The van der Waals surface area contributed by atoms with Gasteiger partial charge in [0.1, 0.15) is 23.6 Å². The molecule has 2 aromatic heterocycles. The number of aryl methyl sites for hydroxylation is 1. The van der Waals surface area contributed by atoms with Gasteiger partial charge in [-0.25, -0.2) is 14.8 Å². The van der Waals surface area contributed by atoms with E-state index in [1.165, 1.54) is 12.3 Å². The van der Waals surface area contributed by atoms with Crippen molar-refractivity contribution in [2.24, 2.45) is 17.8 Å². The number of hydrogen-bond donors (Lipinski definition) is 2. The normalized spacial score (nSPS) is 14.7. The molecule has 0 spiro atoms. The lowest BCUT2D eigenvalue weighted by Crippen LogP contribution is -2.34. The molecule has 2 aromatic carbocycles. The molecule has 0 saturated heterocycles. The zero-order chi connectivity index (χ0) is 34.3. The third-order valence-corrected chi connectivity index (χ3v) is 7.65. The third-order valence-electron chi connectivity index (χ3n) is 7.65. The van der Waals surface area contributed by atoms with Crippen LogP contribution in [0.25, 0.3) is 11.0 Å². The molecule has 46 heavy (non-hydrogen) atoms. The van der Waals surface area contributed by atoms with Gasteiger partial charge in [0.15, 0.2) is 0 Å². The van der Waals surface area contributed by atoms with Gasteiger partial charge in [-0.1, -0.05) is 12.5 Å². The van der Waals surface area contributed by atoms with Gasteiger partial charge in [-0.3, -0.25) is 14.5 Å². The molecule has 12 heteroatoms. The highest BCUT2D eigenvalue weighted by Gasteiger charge is 2.22. The van der Waals surface area contributed by atoms with E-state index >= 15 is 0 Å². The summed E-state index contributed by atoms with van der Waals surface area (Å²) >= 11 is 0. The maximum absolute atomic E-state index is 13.8. The van der Waals surface area contributed by atoms with Gasteiger partial charge >= 0.3 is 12.1 Å². The summed E-state index contributed by atoms with van der Waals surface area (Å²) in [6.45, 7) is -0.348. The molecular weight excluding hydrogens is 586 g/mol. The number of fused-ring (bicyclic) bond motifs is 1. The fraction of sp³-hybridized carbons (Fsp3) is 0.353. The number of aromatic nitrogens is 3. The molecule has 4 aromatic rings. The zero-order valence-electron chi connectivity index (χ0n) is 27.9. The average molecular weight is 628 g/mol. The summed E-state index contributed by atoms with van der Waals surface area (Å²) < 4.78 is 29.5. The second-order valence-corrected chi connectivity index (χ2v) is 10.8. The highest BCUT2D eigenvalue weighted by molar-refractivity contribution is 6.07. The summed E-state index contributed by atoms with van der Waals surface area (Å²) in [5, 5.41) is 3.32. The van der Waals surface area contributed by atoms with E-state index < -0.39 is 30.9 Å². The van der Waals surface area contributed by atoms with Crippen molar-refractivity contribution in [1.82, 2.24) is 14.5 Å². The van der Waals surface area contributed by atoms with Crippen LogP contribution >= 0.6 is 0 Å². The molecule has 0 bridgehead atoms. The Kier molecular flexibility index (Phi) is 9.70. The molecule has 3 N–H and O–H groups in total. The molecule has 1 aliphatic carbocycles. The maximum atomic E-state index is 13.8. The van der Waals surface area contributed by atoms with Gasteiger partial charge in [0.2, 0.25) is 0 Å². The molecule has 0 unspecified atom stereocenters. The molecule has 0 atom stereocenters. The number of amidine groups is 1. The molecule has 0 aliphatic heterocycles. The molecular formula is C34H39N7O5. The average Bonchev–Trinajstić information content (AvgIpc) is 3.38. The Bertz CT molecular complexity index is 1790. The number of pyridine rings is 1. The van der Waals surface area contributed by atoms with Crippen molar-refractivity contribution in [1.29, 1.82) is 0 Å². The predicted molar refractivity (Wildman–Crippen MR) is 176 cm³/mol. The van der Waals surface area contributed by atoms with Crippen LogP contribution in [0.4, 0.5) is 16.3 Å². The zero-order valence-corrected chi connectivity index (χ0v) is 25.9. The summed E-state index contributed by atoms with van der Waals surface area (Å²) in [7, 11) is 1.86. The van der Waals surface area contributed by atoms with E-state index in [9.17, 15) is 14.4 Å². The molecule has 240 valence electrons. The van der Waals surface area contributed by atoms with Crippen molar-refractivity contribution in [3.63, 3.8) is 0 Å². The molecule has 0 radical (unpaired) electrons. The standard InChI is InChI=1S/C34H39N7O5/c1-3-45-31(42)18-20-41(29-11-7-8-19-36-29)33(43)24-14-17-28-27(21-24)38-30(40(28)2)22-37-25-15-12-23(13-16-25)32(35)39-34(44)46-26-9-5-4-6-10-26/h7-8,11-17,19,21,26,37H,3-6,9-10,18,20,22H2,1-2H3,(H2,35,39,44)/i20D2. The number of aliphatic imine (C=N–C) groups is 1. The second-order valence-electron chi connectivity index (χ2n) is 10.8. The minimum Gasteiger partial charge on any atom is -0.466 e. The maximum Gasteiger partial charge on any atom is 0.435 e. The van der Waals surface area contributed by atoms with Crippen molar-refractivity contribution >= 4 is 46.3 Å². The lowest BCUT2D eigenvalue weighted by molar-refractivity contribution is -0.142. The first-order valence-corrected chi connectivity index (χ1v) is 15.3. The minimum absolute atomic E-state index is 0.0567. The van der Waals surface area contributed by atoms with Crippen molar-refractivity contribution < 1.29 is 26.6 Å². The quantitative estimate of drug-likeness (QED) is 0.127. The molecule has 1 aliphatic rings. The van der Waals surface area contributed by atoms with Crippen LogP contribution in [-0.2, 0) is 27.9 Å². The molecule has 2 heterocycles. The summed E-state index contributed by atoms with van der Waals surface area (Å²) in [5.74, 6) is -0.626. The summed E-state index contributed by atoms with van der Waals surface area (Å²) in [4.78, 5) is 51.9. The van der Waals surface area contributed by atoms with Crippen LogP contribution in [0.2, 0.25) is 0 Å². The fourth-order valence-electron chi connectivity index (χ4n) is 5.22. The van der Waals surface area contributed by atoms with E-state index in [0.29, 0.717) is 23.4 Å². The third kappa shape index (κ3) is 8.06. The molecule has 1 fully saturated rings. The van der Waals surface area contributed by atoms with Crippen LogP contribution in [0.15, 0.2) is 71.9 Å². The first-order valence-electron chi connectivity index (χ1n) is 16.3. The summed E-state index contributed by atoms with van der Waals surface area (Å²) in [6, 6.07) is 16.9. The minimum atomic E-state index is -2.42. The van der Waals surface area contributed by atoms with E-state index in [-0.39, 0.29) is 29.9 Å². The van der Waals surface area contributed by atoms with Crippen molar-refractivity contribution in [3.8, 4) is 0 Å². The Morgan fingerprint density at radius 1 is 1.09 bits per heavy atom. The SMILES string of the molecule is [2H]C([2H])(CC(=O)OCC)N(C(=O)c1ccc2c(c1)nc(CNc1ccc(/C(N)=N/C(=O)OC3CCCCC3)cc1)n2C)c1ccccn1. The van der Waals surface area contributed by atoms with Crippen molar-refractivity contribution in [2.75, 3.05) is 23.3 Å². The Morgan fingerprint density at radius 3 is 2.57 bits per heavy atom. The fourth-order valence-corrected chi connectivity index (χ4v) is 5.22. The number of anilines is 2. The lowest BCUT2D eigenvalue weighted by atomic mass is 9.98. The van der Waals surface area contributed by atoms with Gasteiger partial charge in [0, 0.05) is 36.6 Å². The number of nitrogens with zero attached hydrogens (tertiary/aromatic N) is 5. The number of rotatable bonds is 11. The van der Waals surface area contributed by atoms with Crippen molar-refractivity contribution in [2.45, 2.75) is 58.1 Å². The van der Waals surface area contributed by atoms with Crippen LogP contribution in [0, 0.1) is 0 Å². The first-order chi connectivity index (χ1) is 23.1. The van der Waals surface area contributed by atoms with Crippen LogP contribution in [0.5, 0.6) is 0 Å². The summed E-state index contributed by atoms with van der Waals surface area (Å²) in [6.07, 6.45) is 4.97. The van der Waals surface area contributed by atoms with Gasteiger partial charge in [-0.2, -0.15) is 4.99 Å². The molecule has 2 amide bonds. The van der Waals surface area contributed by atoms with Crippen LogP contribution < -0.4 is 16.0 Å². The number of carbonyl (C=O) groups excluding carboxylic acids is 3. The molecule has 12 nitrogen and oxygen atoms in total. The first kappa shape index (κ1) is 29.5. The Morgan fingerprint density at radius 2 is 1.85 bits per heavy atom. The Labute approximate surface area is 270 Å². The number of nitrogens with one attached hydrogen (secondary N) is 1. The number of esters is 1. The summed E-state index contributed by atoms with van der Waals surface area (Å²) in [5.41, 5.74) is 8.92. The highest BCUT2D eigenvalue weighted by Crippen LogP contribution is 2.22. The van der Waals surface area contributed by atoms with E-state index in [1.54, 1.807) is 49.4 Å². The molecule has 1 saturated carbocycles. The van der Waals surface area contributed by atoms with Crippen LogP contribution in [-0.4, -0.2) is 57.5 Å². The van der Waals surface area contributed by atoms with Gasteiger partial charge < -0.3 is 25.1 Å². The number of nitrogens with two attached hydrogens (primary N) is 1. The number of amides is 2. The lowest BCUT2D eigenvalue weighted by Gasteiger charge is -2.21. The number of carbonyl (C=O) groups is 3. The van der Waals surface area contributed by atoms with E-state index in [0.717, 1.165) is 48.2 Å². The Balaban J connectivity index is 1.28. The molecule has 5 rings (SSSR count). The van der Waals surface area contributed by atoms with Gasteiger partial charge in [-0.05, 0) is 87.2 Å².